The number of ether oxygens (including phenoxy) is 1. The number of nitrogens with one attached hydrogen (secondary N) is 1. The average molecular weight is 510 g/mol. The molecule has 1 heterocycles. The van der Waals surface area contributed by atoms with Crippen LogP contribution in [-0.2, 0) is 6.54 Å². The molecular weight excluding hydrogens is 478 g/mol. The molecule has 2 rings (SSSR count). The molecule has 0 amide bonds. The number of benzene rings is 1. The van der Waals surface area contributed by atoms with Crippen molar-refractivity contribution >= 4 is 41.7 Å². The molecule has 1 aromatic rings. The Labute approximate surface area is 184 Å². The van der Waals surface area contributed by atoms with Gasteiger partial charge in [-0.05, 0) is 43.0 Å². The summed E-state index contributed by atoms with van der Waals surface area (Å²) in [5.74, 6) is 2.17. The van der Waals surface area contributed by atoms with E-state index in [0.29, 0.717) is 5.75 Å². The lowest BCUT2D eigenvalue weighted by molar-refractivity contribution is 0.172. The molecule has 0 atom stereocenters. The van der Waals surface area contributed by atoms with E-state index in [2.05, 4.69) is 28.3 Å². The number of aliphatic imine (C=N–C) groups is 1. The van der Waals surface area contributed by atoms with Crippen molar-refractivity contribution in [3.05, 3.63) is 29.6 Å². The van der Waals surface area contributed by atoms with E-state index in [1.54, 1.807) is 12.1 Å². The molecular formula is C19H32FIN4OS. The van der Waals surface area contributed by atoms with Crippen molar-refractivity contribution in [2.45, 2.75) is 19.9 Å². The van der Waals surface area contributed by atoms with Crippen molar-refractivity contribution in [1.82, 2.24) is 15.1 Å². The maximum absolute atomic E-state index is 13.9. The van der Waals surface area contributed by atoms with Crippen LogP contribution in [0.5, 0.6) is 5.75 Å². The molecule has 0 radical (unpaired) electrons. The van der Waals surface area contributed by atoms with Gasteiger partial charge in [-0.25, -0.2) is 4.39 Å². The third-order valence-electron chi connectivity index (χ3n) is 4.40. The Kier molecular flexibility index (Phi) is 12.1. The molecule has 0 spiro atoms. The number of methoxy groups -OCH3 is 1. The van der Waals surface area contributed by atoms with Gasteiger partial charge in [0, 0.05) is 45.8 Å². The highest BCUT2D eigenvalue weighted by atomic mass is 127. The summed E-state index contributed by atoms with van der Waals surface area (Å²) in [7, 11) is 1.49. The maximum atomic E-state index is 13.9. The number of rotatable bonds is 8. The van der Waals surface area contributed by atoms with Crippen LogP contribution in [0, 0.1) is 5.82 Å². The molecule has 0 saturated carbocycles. The van der Waals surface area contributed by atoms with Crippen LogP contribution in [0.3, 0.4) is 0 Å². The fraction of sp³-hybridized carbons (Fsp3) is 0.632. The number of thioether (sulfide) groups is 1. The normalized spacial score (nSPS) is 15.4. The van der Waals surface area contributed by atoms with Gasteiger partial charge in [0.1, 0.15) is 0 Å². The first-order valence-corrected chi connectivity index (χ1v) is 10.6. The molecule has 1 fully saturated rings. The molecule has 0 aromatic heterocycles. The third-order valence-corrected chi connectivity index (χ3v) is 5.09. The van der Waals surface area contributed by atoms with Gasteiger partial charge in [0.05, 0.1) is 7.11 Å². The van der Waals surface area contributed by atoms with E-state index in [4.69, 9.17) is 9.73 Å². The molecule has 0 unspecified atom stereocenters. The van der Waals surface area contributed by atoms with Crippen molar-refractivity contribution in [1.29, 1.82) is 0 Å². The fourth-order valence-corrected chi connectivity index (χ4v) is 3.42. The average Bonchev–Trinajstić information content (AvgIpc) is 2.65. The van der Waals surface area contributed by atoms with Gasteiger partial charge < -0.3 is 15.0 Å². The molecule has 154 valence electrons. The van der Waals surface area contributed by atoms with Crippen LogP contribution in [0.2, 0.25) is 0 Å². The summed E-state index contributed by atoms with van der Waals surface area (Å²) in [6, 6.07) is 5.21. The van der Waals surface area contributed by atoms with Crippen LogP contribution >= 0.6 is 35.7 Å². The fourth-order valence-electron chi connectivity index (χ4n) is 3.00. The lowest BCUT2D eigenvalue weighted by Crippen LogP contribution is -2.52. The quantitative estimate of drug-likeness (QED) is 0.252. The molecule has 1 aliphatic heterocycles. The molecule has 27 heavy (non-hydrogen) atoms. The summed E-state index contributed by atoms with van der Waals surface area (Å²) in [5.41, 5.74) is 0.981. The van der Waals surface area contributed by atoms with Gasteiger partial charge in [-0.2, -0.15) is 11.8 Å². The highest BCUT2D eigenvalue weighted by Crippen LogP contribution is 2.19. The summed E-state index contributed by atoms with van der Waals surface area (Å²) in [6.07, 6.45) is 3.24. The topological polar surface area (TPSA) is 40.1 Å². The van der Waals surface area contributed by atoms with Crippen LogP contribution in [0.4, 0.5) is 4.39 Å². The zero-order valence-electron chi connectivity index (χ0n) is 16.5. The number of halogens is 2. The number of hydrogen-bond acceptors (Lipinski definition) is 4. The second-order valence-electron chi connectivity index (χ2n) is 6.31. The zero-order chi connectivity index (χ0) is 18.8. The highest BCUT2D eigenvalue weighted by molar-refractivity contribution is 14.0. The van der Waals surface area contributed by atoms with Gasteiger partial charge in [0.15, 0.2) is 17.5 Å². The Morgan fingerprint density at radius 2 is 2.04 bits per heavy atom. The van der Waals surface area contributed by atoms with Crippen molar-refractivity contribution in [3.8, 4) is 5.75 Å². The van der Waals surface area contributed by atoms with E-state index in [9.17, 15) is 4.39 Å². The third kappa shape index (κ3) is 8.03. The maximum Gasteiger partial charge on any atom is 0.194 e. The molecule has 0 bridgehead atoms. The van der Waals surface area contributed by atoms with E-state index in [1.807, 2.05) is 17.8 Å². The largest absolute Gasteiger partial charge is 0.494 e. The van der Waals surface area contributed by atoms with Gasteiger partial charge >= 0.3 is 0 Å². The lowest BCUT2D eigenvalue weighted by atomic mass is 10.2. The van der Waals surface area contributed by atoms with E-state index in [1.165, 1.54) is 7.11 Å². The number of hydrogen-bond donors (Lipinski definition) is 1. The van der Waals surface area contributed by atoms with E-state index in [-0.39, 0.29) is 29.8 Å². The standard InChI is InChI=1S/C19H31FN4OS.HI/c1-4-21-19(22-8-5-13-26-3)24-11-9-23(10-12-24)15-16-6-7-18(25-2)17(20)14-16;/h6-7,14H,4-5,8-13,15H2,1-3H3,(H,21,22);1H. The minimum atomic E-state index is -0.296. The van der Waals surface area contributed by atoms with Gasteiger partial charge in [0.2, 0.25) is 0 Å². The van der Waals surface area contributed by atoms with E-state index >= 15 is 0 Å². The van der Waals surface area contributed by atoms with Crippen molar-refractivity contribution < 1.29 is 9.13 Å². The molecule has 0 aliphatic carbocycles. The van der Waals surface area contributed by atoms with Crippen LogP contribution < -0.4 is 10.1 Å². The Balaban J connectivity index is 0.00000364. The number of piperazine rings is 1. The summed E-state index contributed by atoms with van der Waals surface area (Å²) in [4.78, 5) is 9.43. The highest BCUT2D eigenvalue weighted by Gasteiger charge is 2.20. The molecule has 1 aromatic carbocycles. The van der Waals surface area contributed by atoms with Crippen molar-refractivity contribution in [2.75, 3.05) is 58.4 Å². The summed E-state index contributed by atoms with van der Waals surface area (Å²) >= 11 is 1.86. The van der Waals surface area contributed by atoms with Crippen LogP contribution in [0.1, 0.15) is 18.9 Å². The SMILES string of the molecule is CCNC(=NCCCSC)N1CCN(Cc2ccc(OC)c(F)c2)CC1.I. The van der Waals surface area contributed by atoms with Gasteiger partial charge in [-0.1, -0.05) is 6.07 Å². The first kappa shape index (κ1) is 24.3. The van der Waals surface area contributed by atoms with Crippen molar-refractivity contribution in [3.63, 3.8) is 0 Å². The monoisotopic (exact) mass is 510 g/mol. The van der Waals surface area contributed by atoms with Crippen LogP contribution in [-0.4, -0.2) is 74.1 Å². The Bertz CT molecular complexity index is 583. The Morgan fingerprint density at radius 3 is 2.63 bits per heavy atom. The lowest BCUT2D eigenvalue weighted by Gasteiger charge is -2.36. The van der Waals surface area contributed by atoms with E-state index in [0.717, 1.165) is 69.5 Å². The minimum absolute atomic E-state index is 0. The summed E-state index contributed by atoms with van der Waals surface area (Å²) < 4.78 is 18.8. The molecule has 8 heteroatoms. The van der Waals surface area contributed by atoms with Gasteiger partial charge in [-0.3, -0.25) is 9.89 Å². The Hall–Kier alpha value is -0.740. The summed E-state index contributed by atoms with van der Waals surface area (Å²) in [6.45, 7) is 8.38. The first-order chi connectivity index (χ1) is 12.7. The Morgan fingerprint density at radius 1 is 1.30 bits per heavy atom. The van der Waals surface area contributed by atoms with E-state index < -0.39 is 0 Å². The predicted octanol–water partition coefficient (Wildman–Crippen LogP) is 3.29. The minimum Gasteiger partial charge on any atom is -0.494 e. The van der Waals surface area contributed by atoms with Gasteiger partial charge in [0.25, 0.3) is 0 Å². The second kappa shape index (κ2) is 13.4. The van der Waals surface area contributed by atoms with Crippen LogP contribution in [0.15, 0.2) is 23.2 Å². The molecule has 5 nitrogen and oxygen atoms in total. The first-order valence-electron chi connectivity index (χ1n) is 9.25. The second-order valence-corrected chi connectivity index (χ2v) is 7.30. The smallest absolute Gasteiger partial charge is 0.194 e. The predicted molar refractivity (Wildman–Crippen MR) is 124 cm³/mol. The molecule has 1 saturated heterocycles. The molecule has 1 aliphatic rings. The van der Waals surface area contributed by atoms with Crippen molar-refractivity contribution in [2.24, 2.45) is 4.99 Å². The number of nitrogens with zero attached hydrogens (tertiary/aromatic N) is 3. The van der Waals surface area contributed by atoms with Gasteiger partial charge in [-0.15, -0.1) is 24.0 Å². The van der Waals surface area contributed by atoms with Crippen LogP contribution in [0.25, 0.3) is 0 Å². The zero-order valence-corrected chi connectivity index (χ0v) is 19.7. The summed E-state index contributed by atoms with van der Waals surface area (Å²) in [5, 5.41) is 3.40. The molecule has 1 N–H and O–H groups in total. The number of guanidine groups is 1.